The van der Waals surface area contributed by atoms with Gasteiger partial charge in [-0.05, 0) is 30.2 Å². The van der Waals surface area contributed by atoms with Crippen LogP contribution in [-0.4, -0.2) is 17.4 Å². The van der Waals surface area contributed by atoms with Crippen LogP contribution in [0.15, 0.2) is 42.6 Å². The molecule has 1 aliphatic rings. The minimum absolute atomic E-state index is 0.0128. The number of nitrogens with one attached hydrogen (secondary N) is 2. The van der Waals surface area contributed by atoms with Gasteiger partial charge in [-0.3, -0.25) is 4.79 Å². The number of hydrogen-bond donors (Lipinski definition) is 2. The standard InChI is InChI=1S/C15H14ClN3O/c16-14-9-10(5-7-18-14)19-15(20)12-6-8-17-13-4-2-1-3-11(12)13/h1-5,7,9,12,17H,6,8H2,(H,18,19,20). The Morgan fingerprint density at radius 3 is 3.05 bits per heavy atom. The van der Waals surface area contributed by atoms with Gasteiger partial charge < -0.3 is 10.6 Å². The first-order chi connectivity index (χ1) is 9.74. The molecule has 1 atom stereocenters. The molecular weight excluding hydrogens is 274 g/mol. The zero-order chi connectivity index (χ0) is 13.9. The van der Waals surface area contributed by atoms with Gasteiger partial charge in [-0.2, -0.15) is 0 Å². The van der Waals surface area contributed by atoms with Crippen LogP contribution < -0.4 is 10.6 Å². The van der Waals surface area contributed by atoms with E-state index in [9.17, 15) is 4.79 Å². The van der Waals surface area contributed by atoms with Crippen molar-refractivity contribution in [2.24, 2.45) is 0 Å². The van der Waals surface area contributed by atoms with E-state index in [1.54, 1.807) is 18.3 Å². The average molecular weight is 288 g/mol. The minimum atomic E-state index is -0.139. The van der Waals surface area contributed by atoms with Crippen LogP contribution in [0.5, 0.6) is 0 Å². The van der Waals surface area contributed by atoms with Gasteiger partial charge >= 0.3 is 0 Å². The summed E-state index contributed by atoms with van der Waals surface area (Å²) >= 11 is 5.82. The summed E-state index contributed by atoms with van der Waals surface area (Å²) in [5.41, 5.74) is 2.74. The lowest BCUT2D eigenvalue weighted by molar-refractivity contribution is -0.117. The second-order valence-electron chi connectivity index (χ2n) is 4.71. The highest BCUT2D eigenvalue weighted by atomic mass is 35.5. The summed E-state index contributed by atoms with van der Waals surface area (Å²) in [6.45, 7) is 0.798. The van der Waals surface area contributed by atoms with E-state index in [1.807, 2.05) is 24.3 Å². The number of aromatic nitrogens is 1. The highest BCUT2D eigenvalue weighted by molar-refractivity contribution is 6.29. The van der Waals surface area contributed by atoms with Crippen LogP contribution in [0.4, 0.5) is 11.4 Å². The third-order valence-corrected chi connectivity index (χ3v) is 3.60. The first-order valence-electron chi connectivity index (χ1n) is 6.49. The molecule has 1 aliphatic heterocycles. The Bertz CT molecular complexity index is 645. The SMILES string of the molecule is O=C(Nc1ccnc(Cl)c1)C1CCNc2ccccc21. The van der Waals surface area contributed by atoms with E-state index in [-0.39, 0.29) is 11.8 Å². The third kappa shape index (κ3) is 2.60. The summed E-state index contributed by atoms with van der Waals surface area (Å²) in [5, 5.41) is 6.58. The Morgan fingerprint density at radius 1 is 1.35 bits per heavy atom. The van der Waals surface area contributed by atoms with E-state index in [0.29, 0.717) is 10.8 Å². The molecule has 2 N–H and O–H groups in total. The summed E-state index contributed by atoms with van der Waals surface area (Å²) in [6.07, 6.45) is 2.36. The quantitative estimate of drug-likeness (QED) is 0.834. The molecule has 0 radical (unpaired) electrons. The number of fused-ring (bicyclic) bond motifs is 1. The molecule has 0 saturated carbocycles. The van der Waals surface area contributed by atoms with Crippen molar-refractivity contribution < 1.29 is 4.79 Å². The highest BCUT2D eigenvalue weighted by Gasteiger charge is 2.26. The second kappa shape index (κ2) is 5.51. The Labute approximate surface area is 122 Å². The number of benzene rings is 1. The van der Waals surface area contributed by atoms with Crippen molar-refractivity contribution in [3.63, 3.8) is 0 Å². The van der Waals surface area contributed by atoms with E-state index in [0.717, 1.165) is 24.2 Å². The fraction of sp³-hybridized carbons (Fsp3) is 0.200. The Morgan fingerprint density at radius 2 is 2.20 bits per heavy atom. The fourth-order valence-electron chi connectivity index (χ4n) is 2.45. The maximum absolute atomic E-state index is 12.4. The zero-order valence-electron chi connectivity index (χ0n) is 10.8. The van der Waals surface area contributed by atoms with Gasteiger partial charge in [-0.15, -0.1) is 0 Å². The molecule has 3 rings (SSSR count). The highest BCUT2D eigenvalue weighted by Crippen LogP contribution is 2.32. The molecule has 102 valence electrons. The largest absolute Gasteiger partial charge is 0.385 e. The lowest BCUT2D eigenvalue weighted by atomic mass is 9.90. The predicted molar refractivity (Wildman–Crippen MR) is 80.2 cm³/mol. The van der Waals surface area contributed by atoms with E-state index in [1.165, 1.54) is 0 Å². The van der Waals surface area contributed by atoms with Crippen LogP contribution in [0.2, 0.25) is 5.15 Å². The molecule has 20 heavy (non-hydrogen) atoms. The third-order valence-electron chi connectivity index (χ3n) is 3.40. The molecule has 5 heteroatoms. The van der Waals surface area contributed by atoms with Crippen LogP contribution in [0.3, 0.4) is 0 Å². The number of nitrogens with zero attached hydrogens (tertiary/aromatic N) is 1. The molecule has 1 amide bonds. The molecule has 0 spiro atoms. The molecule has 4 nitrogen and oxygen atoms in total. The second-order valence-corrected chi connectivity index (χ2v) is 5.10. The lowest BCUT2D eigenvalue weighted by Crippen LogP contribution is -2.27. The van der Waals surface area contributed by atoms with E-state index < -0.39 is 0 Å². The number of rotatable bonds is 2. The summed E-state index contributed by atoms with van der Waals surface area (Å²) in [5.74, 6) is -0.152. The molecule has 1 unspecified atom stereocenters. The molecule has 0 aliphatic carbocycles. The molecule has 2 heterocycles. The van der Waals surface area contributed by atoms with Crippen molar-refractivity contribution in [1.82, 2.24) is 4.98 Å². The molecule has 0 bridgehead atoms. The number of para-hydroxylation sites is 1. The molecule has 0 saturated heterocycles. The van der Waals surface area contributed by atoms with Crippen LogP contribution in [0, 0.1) is 0 Å². The van der Waals surface area contributed by atoms with E-state index in [4.69, 9.17) is 11.6 Å². The van der Waals surface area contributed by atoms with Crippen molar-refractivity contribution in [3.8, 4) is 0 Å². The summed E-state index contributed by atoms with van der Waals surface area (Å²) in [4.78, 5) is 16.3. The van der Waals surface area contributed by atoms with Crippen LogP contribution >= 0.6 is 11.6 Å². The molecule has 1 aromatic carbocycles. The Hall–Kier alpha value is -2.07. The van der Waals surface area contributed by atoms with Crippen molar-refractivity contribution in [2.75, 3.05) is 17.2 Å². The van der Waals surface area contributed by atoms with Gasteiger partial charge in [0, 0.05) is 24.1 Å². The van der Waals surface area contributed by atoms with Gasteiger partial charge in [0.1, 0.15) is 5.15 Å². The topological polar surface area (TPSA) is 54.0 Å². The van der Waals surface area contributed by atoms with Crippen molar-refractivity contribution in [3.05, 3.63) is 53.3 Å². The predicted octanol–water partition coefficient (Wildman–Crippen LogP) is 3.27. The van der Waals surface area contributed by atoms with Crippen molar-refractivity contribution in [2.45, 2.75) is 12.3 Å². The monoisotopic (exact) mass is 287 g/mol. The van der Waals surface area contributed by atoms with Crippen LogP contribution in [-0.2, 0) is 4.79 Å². The summed E-state index contributed by atoms with van der Waals surface area (Å²) in [7, 11) is 0. The van der Waals surface area contributed by atoms with Gasteiger partial charge in [0.2, 0.25) is 5.91 Å². The van der Waals surface area contributed by atoms with Gasteiger partial charge in [0.05, 0.1) is 5.92 Å². The molecule has 2 aromatic rings. The van der Waals surface area contributed by atoms with Gasteiger partial charge in [0.25, 0.3) is 0 Å². The molecule has 1 aromatic heterocycles. The summed E-state index contributed by atoms with van der Waals surface area (Å²) < 4.78 is 0. The number of amides is 1. The molecular formula is C15H14ClN3O. The maximum Gasteiger partial charge on any atom is 0.232 e. The van der Waals surface area contributed by atoms with Crippen LogP contribution in [0.25, 0.3) is 0 Å². The zero-order valence-corrected chi connectivity index (χ0v) is 11.5. The Kier molecular flexibility index (Phi) is 3.56. The number of carbonyl (C=O) groups is 1. The Balaban J connectivity index is 1.82. The normalized spacial score (nSPS) is 16.9. The number of anilines is 2. The average Bonchev–Trinajstić information content (AvgIpc) is 2.46. The minimum Gasteiger partial charge on any atom is -0.385 e. The number of pyridine rings is 1. The fourth-order valence-corrected chi connectivity index (χ4v) is 2.62. The number of carbonyl (C=O) groups excluding carboxylic acids is 1. The van der Waals surface area contributed by atoms with Gasteiger partial charge in [0.15, 0.2) is 0 Å². The first kappa shape index (κ1) is 12.9. The van der Waals surface area contributed by atoms with Gasteiger partial charge in [-0.1, -0.05) is 29.8 Å². The first-order valence-corrected chi connectivity index (χ1v) is 6.87. The van der Waals surface area contributed by atoms with Crippen molar-refractivity contribution >= 4 is 28.9 Å². The lowest BCUT2D eigenvalue weighted by Gasteiger charge is -2.25. The van der Waals surface area contributed by atoms with Crippen LogP contribution in [0.1, 0.15) is 17.9 Å². The number of halogens is 1. The van der Waals surface area contributed by atoms with Gasteiger partial charge in [-0.25, -0.2) is 4.98 Å². The number of hydrogen-bond acceptors (Lipinski definition) is 3. The van der Waals surface area contributed by atoms with E-state index >= 15 is 0 Å². The van der Waals surface area contributed by atoms with E-state index in [2.05, 4.69) is 15.6 Å². The maximum atomic E-state index is 12.4. The molecule has 0 fully saturated rings. The smallest absolute Gasteiger partial charge is 0.232 e. The van der Waals surface area contributed by atoms with Crippen molar-refractivity contribution in [1.29, 1.82) is 0 Å². The summed E-state index contributed by atoms with van der Waals surface area (Å²) in [6, 6.07) is 11.3.